The van der Waals surface area contributed by atoms with Crippen LogP contribution in [0.1, 0.15) is 73.1 Å². The Morgan fingerprint density at radius 3 is 2.22 bits per heavy atom. The summed E-state index contributed by atoms with van der Waals surface area (Å²) in [6.45, 7) is 15.9. The fourth-order valence-corrected chi connectivity index (χ4v) is 4.88. The van der Waals surface area contributed by atoms with Gasteiger partial charge in [-0.1, -0.05) is 52.9 Å². The molecule has 0 aromatic rings. The van der Waals surface area contributed by atoms with Crippen molar-refractivity contribution in [2.24, 2.45) is 11.8 Å². The SMILES string of the molecule is CCOC(=O)C[C@@H](C1CCCCC1)[C@@H](C)O[Si](C)(C)C(C)(C)C. The molecule has 0 amide bonds. The van der Waals surface area contributed by atoms with E-state index in [9.17, 15) is 4.79 Å². The molecule has 4 heteroatoms. The Morgan fingerprint density at radius 1 is 1.17 bits per heavy atom. The molecule has 23 heavy (non-hydrogen) atoms. The highest BCUT2D eigenvalue weighted by Gasteiger charge is 2.41. The predicted molar refractivity (Wildman–Crippen MR) is 99.1 cm³/mol. The van der Waals surface area contributed by atoms with E-state index in [4.69, 9.17) is 9.16 Å². The predicted octanol–water partition coefficient (Wildman–Crippen LogP) is 5.55. The quantitative estimate of drug-likeness (QED) is 0.449. The first kappa shape index (κ1) is 20.7. The monoisotopic (exact) mass is 342 g/mol. The summed E-state index contributed by atoms with van der Waals surface area (Å²) in [4.78, 5) is 12.1. The van der Waals surface area contributed by atoms with Gasteiger partial charge < -0.3 is 9.16 Å². The lowest BCUT2D eigenvalue weighted by atomic mass is 9.76. The van der Waals surface area contributed by atoms with E-state index in [0.717, 1.165) is 0 Å². The maximum absolute atomic E-state index is 12.1. The molecule has 1 aliphatic carbocycles. The van der Waals surface area contributed by atoms with E-state index in [0.29, 0.717) is 24.9 Å². The van der Waals surface area contributed by atoms with Crippen LogP contribution in [-0.2, 0) is 14.0 Å². The van der Waals surface area contributed by atoms with Gasteiger partial charge in [0, 0.05) is 6.10 Å². The summed E-state index contributed by atoms with van der Waals surface area (Å²) in [6, 6.07) is 0. The van der Waals surface area contributed by atoms with Crippen LogP contribution in [0.25, 0.3) is 0 Å². The first-order chi connectivity index (χ1) is 10.6. The number of carbonyl (C=O) groups excluding carboxylic acids is 1. The molecule has 0 radical (unpaired) electrons. The summed E-state index contributed by atoms with van der Waals surface area (Å²) in [5.41, 5.74) is 0. The van der Waals surface area contributed by atoms with Crippen LogP contribution in [0.4, 0.5) is 0 Å². The first-order valence-electron chi connectivity index (χ1n) is 9.42. The van der Waals surface area contributed by atoms with Gasteiger partial charge in [-0.25, -0.2) is 0 Å². The van der Waals surface area contributed by atoms with Crippen molar-refractivity contribution in [2.75, 3.05) is 6.61 Å². The number of hydrogen-bond donors (Lipinski definition) is 0. The van der Waals surface area contributed by atoms with Crippen LogP contribution < -0.4 is 0 Å². The Bertz CT molecular complexity index is 367. The molecule has 0 aliphatic heterocycles. The second kappa shape index (κ2) is 8.66. The molecule has 0 heterocycles. The molecule has 1 aliphatic rings. The Hall–Kier alpha value is -0.353. The Balaban J connectivity index is 2.82. The molecule has 0 bridgehead atoms. The second-order valence-electron chi connectivity index (χ2n) is 8.65. The van der Waals surface area contributed by atoms with Crippen molar-refractivity contribution < 1.29 is 14.0 Å². The van der Waals surface area contributed by atoms with Crippen LogP contribution in [0.2, 0.25) is 18.1 Å². The molecular formula is C19H38O3Si. The molecule has 1 saturated carbocycles. The maximum Gasteiger partial charge on any atom is 0.306 e. The number of esters is 1. The highest BCUT2D eigenvalue weighted by atomic mass is 28.4. The van der Waals surface area contributed by atoms with Gasteiger partial charge in [0.05, 0.1) is 13.0 Å². The van der Waals surface area contributed by atoms with Crippen molar-refractivity contribution in [3.63, 3.8) is 0 Å². The van der Waals surface area contributed by atoms with Gasteiger partial charge in [-0.15, -0.1) is 0 Å². The Morgan fingerprint density at radius 2 is 1.74 bits per heavy atom. The van der Waals surface area contributed by atoms with E-state index in [2.05, 4.69) is 40.8 Å². The third-order valence-corrected chi connectivity index (χ3v) is 10.4. The topological polar surface area (TPSA) is 35.5 Å². The van der Waals surface area contributed by atoms with Crippen molar-refractivity contribution >= 4 is 14.3 Å². The zero-order valence-corrected chi connectivity index (χ0v) is 17.4. The van der Waals surface area contributed by atoms with Crippen LogP contribution in [0.3, 0.4) is 0 Å². The molecule has 0 spiro atoms. The molecular weight excluding hydrogens is 304 g/mol. The normalized spacial score (nSPS) is 20.1. The summed E-state index contributed by atoms with van der Waals surface area (Å²) in [5.74, 6) is 0.838. The fourth-order valence-electron chi connectivity index (χ4n) is 3.42. The van der Waals surface area contributed by atoms with Gasteiger partial charge in [0.25, 0.3) is 0 Å². The van der Waals surface area contributed by atoms with Crippen molar-refractivity contribution in [2.45, 2.75) is 97.4 Å². The molecule has 1 rings (SSSR count). The summed E-state index contributed by atoms with van der Waals surface area (Å²) in [6.07, 6.45) is 7.01. The summed E-state index contributed by atoms with van der Waals surface area (Å²) in [5, 5.41) is 0.197. The molecule has 136 valence electrons. The lowest BCUT2D eigenvalue weighted by molar-refractivity contribution is -0.146. The van der Waals surface area contributed by atoms with E-state index in [-0.39, 0.29) is 17.1 Å². The van der Waals surface area contributed by atoms with Crippen molar-refractivity contribution in [1.29, 1.82) is 0 Å². The van der Waals surface area contributed by atoms with Crippen LogP contribution in [-0.4, -0.2) is 27.0 Å². The molecule has 0 unspecified atom stereocenters. The average Bonchev–Trinajstić information content (AvgIpc) is 2.44. The molecule has 1 fully saturated rings. The molecule has 0 aromatic heterocycles. The van der Waals surface area contributed by atoms with Crippen molar-refractivity contribution in [1.82, 2.24) is 0 Å². The minimum atomic E-state index is -1.82. The highest BCUT2D eigenvalue weighted by molar-refractivity contribution is 6.74. The Kier molecular flexibility index (Phi) is 7.79. The smallest absolute Gasteiger partial charge is 0.306 e. The fraction of sp³-hybridized carbons (Fsp3) is 0.947. The number of hydrogen-bond acceptors (Lipinski definition) is 3. The van der Waals surface area contributed by atoms with E-state index in [1.54, 1.807) is 0 Å². The van der Waals surface area contributed by atoms with E-state index < -0.39 is 8.32 Å². The van der Waals surface area contributed by atoms with E-state index in [1.165, 1.54) is 32.1 Å². The summed E-state index contributed by atoms with van der Waals surface area (Å²) in [7, 11) is -1.82. The van der Waals surface area contributed by atoms with Gasteiger partial charge in [0.1, 0.15) is 0 Å². The molecule has 2 atom stereocenters. The number of ether oxygens (including phenoxy) is 1. The molecule has 0 aromatic carbocycles. The number of rotatable bonds is 7. The standard InChI is InChI=1S/C19H38O3Si/c1-8-21-18(20)14-17(16-12-10-9-11-13-16)15(2)22-23(6,7)19(3,4)5/h15-17H,8-14H2,1-7H3/t15-,17-/m1/s1. The largest absolute Gasteiger partial charge is 0.466 e. The lowest BCUT2D eigenvalue weighted by Gasteiger charge is -2.42. The summed E-state index contributed by atoms with van der Waals surface area (Å²) >= 11 is 0. The van der Waals surface area contributed by atoms with Crippen LogP contribution in [0, 0.1) is 11.8 Å². The minimum Gasteiger partial charge on any atom is -0.466 e. The molecule has 0 N–H and O–H groups in total. The molecule has 0 saturated heterocycles. The first-order valence-corrected chi connectivity index (χ1v) is 12.3. The second-order valence-corrected chi connectivity index (χ2v) is 13.4. The van der Waals surface area contributed by atoms with Gasteiger partial charge in [0.15, 0.2) is 8.32 Å². The zero-order chi connectivity index (χ0) is 17.7. The lowest BCUT2D eigenvalue weighted by Crippen LogP contribution is -2.46. The summed E-state index contributed by atoms with van der Waals surface area (Å²) < 4.78 is 11.9. The maximum atomic E-state index is 12.1. The van der Waals surface area contributed by atoms with Gasteiger partial charge in [-0.05, 0) is 43.8 Å². The van der Waals surface area contributed by atoms with Gasteiger partial charge in [-0.3, -0.25) is 4.79 Å². The van der Waals surface area contributed by atoms with Gasteiger partial charge in [0.2, 0.25) is 0 Å². The highest BCUT2D eigenvalue weighted by Crippen LogP contribution is 2.41. The average molecular weight is 343 g/mol. The Labute approximate surface area is 144 Å². The number of carbonyl (C=O) groups is 1. The van der Waals surface area contributed by atoms with Crippen LogP contribution in [0.5, 0.6) is 0 Å². The van der Waals surface area contributed by atoms with Crippen molar-refractivity contribution in [3.8, 4) is 0 Å². The molecule has 3 nitrogen and oxygen atoms in total. The van der Waals surface area contributed by atoms with Gasteiger partial charge in [-0.2, -0.15) is 0 Å². The third-order valence-electron chi connectivity index (χ3n) is 5.85. The van der Waals surface area contributed by atoms with E-state index in [1.807, 2.05) is 6.92 Å². The third kappa shape index (κ3) is 6.22. The zero-order valence-electron chi connectivity index (χ0n) is 16.4. The van der Waals surface area contributed by atoms with Crippen LogP contribution in [0.15, 0.2) is 0 Å². The van der Waals surface area contributed by atoms with Gasteiger partial charge >= 0.3 is 5.97 Å². The van der Waals surface area contributed by atoms with Crippen molar-refractivity contribution in [3.05, 3.63) is 0 Å². The van der Waals surface area contributed by atoms with E-state index >= 15 is 0 Å². The van der Waals surface area contributed by atoms with Crippen LogP contribution >= 0.6 is 0 Å². The minimum absolute atomic E-state index is 0.0613.